The van der Waals surface area contributed by atoms with Crippen molar-refractivity contribution in [2.24, 2.45) is 0 Å². The van der Waals surface area contributed by atoms with Crippen molar-refractivity contribution in [3.63, 3.8) is 0 Å². The van der Waals surface area contributed by atoms with Crippen LogP contribution in [0.5, 0.6) is 0 Å². The van der Waals surface area contributed by atoms with E-state index in [4.69, 9.17) is 4.74 Å². The standard InChI is InChI=1S/C13H14FIO2/c1-3-17-12(16)9-13(14,10(2)15)11-7-5-4-6-8-11/h4-8H,2-3,9H2,1H3. The number of alkyl halides is 1. The number of carbonyl (C=O) groups excluding carboxylic acids is 1. The van der Waals surface area contributed by atoms with Crippen LogP contribution >= 0.6 is 22.6 Å². The zero-order valence-electron chi connectivity index (χ0n) is 9.58. The molecule has 0 fully saturated rings. The summed E-state index contributed by atoms with van der Waals surface area (Å²) in [5.41, 5.74) is -1.44. The second-order valence-corrected chi connectivity index (χ2v) is 4.86. The number of benzene rings is 1. The molecule has 0 heterocycles. The lowest BCUT2D eigenvalue weighted by Gasteiger charge is -2.24. The topological polar surface area (TPSA) is 26.3 Å². The van der Waals surface area contributed by atoms with Gasteiger partial charge in [0, 0.05) is 3.58 Å². The Morgan fingerprint density at radius 2 is 2.06 bits per heavy atom. The Morgan fingerprint density at radius 1 is 1.47 bits per heavy atom. The van der Waals surface area contributed by atoms with E-state index in [1.807, 2.05) is 22.6 Å². The van der Waals surface area contributed by atoms with Crippen molar-refractivity contribution in [2.45, 2.75) is 19.0 Å². The lowest BCUT2D eigenvalue weighted by Crippen LogP contribution is -2.25. The largest absolute Gasteiger partial charge is 0.466 e. The molecule has 1 unspecified atom stereocenters. The van der Waals surface area contributed by atoms with E-state index in [0.717, 1.165) is 0 Å². The molecular weight excluding hydrogens is 334 g/mol. The molecule has 1 atom stereocenters. The first kappa shape index (κ1) is 14.2. The first-order valence-electron chi connectivity index (χ1n) is 5.25. The number of carbonyl (C=O) groups is 1. The molecule has 0 saturated heterocycles. The minimum Gasteiger partial charge on any atom is -0.466 e. The summed E-state index contributed by atoms with van der Waals surface area (Å²) in [7, 11) is 0. The van der Waals surface area contributed by atoms with Gasteiger partial charge in [0.25, 0.3) is 0 Å². The molecule has 92 valence electrons. The van der Waals surface area contributed by atoms with Crippen LogP contribution in [0, 0.1) is 0 Å². The highest BCUT2D eigenvalue weighted by atomic mass is 127. The van der Waals surface area contributed by atoms with E-state index in [0.29, 0.717) is 5.56 Å². The highest BCUT2D eigenvalue weighted by Gasteiger charge is 2.37. The Hall–Kier alpha value is -0.910. The monoisotopic (exact) mass is 348 g/mol. The predicted octanol–water partition coefficient (Wildman–Crippen LogP) is 3.75. The third-order valence-corrected chi connectivity index (χ3v) is 3.21. The fourth-order valence-corrected chi connectivity index (χ4v) is 1.97. The van der Waals surface area contributed by atoms with Crippen LogP contribution in [0.25, 0.3) is 0 Å². The maximum Gasteiger partial charge on any atom is 0.309 e. The molecular formula is C13H14FIO2. The Morgan fingerprint density at radius 3 is 2.53 bits per heavy atom. The fourth-order valence-electron chi connectivity index (χ4n) is 1.47. The minimum atomic E-state index is -1.87. The van der Waals surface area contributed by atoms with Gasteiger partial charge in [-0.3, -0.25) is 4.79 Å². The normalized spacial score (nSPS) is 13.8. The molecule has 0 saturated carbocycles. The molecule has 0 bridgehead atoms. The van der Waals surface area contributed by atoms with E-state index in [2.05, 4.69) is 6.58 Å². The molecule has 0 spiro atoms. The molecule has 2 nitrogen and oxygen atoms in total. The third-order valence-electron chi connectivity index (χ3n) is 2.35. The summed E-state index contributed by atoms with van der Waals surface area (Å²) in [5.74, 6) is -0.559. The van der Waals surface area contributed by atoms with Gasteiger partial charge in [-0.05, 0) is 35.1 Å². The van der Waals surface area contributed by atoms with Crippen LogP contribution in [0.2, 0.25) is 0 Å². The predicted molar refractivity (Wildman–Crippen MR) is 73.6 cm³/mol. The third kappa shape index (κ3) is 3.52. The van der Waals surface area contributed by atoms with Crippen LogP contribution in [0.15, 0.2) is 40.5 Å². The first-order valence-corrected chi connectivity index (χ1v) is 6.33. The van der Waals surface area contributed by atoms with Gasteiger partial charge in [0.15, 0.2) is 5.67 Å². The van der Waals surface area contributed by atoms with Gasteiger partial charge in [0.2, 0.25) is 0 Å². The van der Waals surface area contributed by atoms with E-state index in [9.17, 15) is 9.18 Å². The van der Waals surface area contributed by atoms with Crippen LogP contribution < -0.4 is 0 Å². The molecule has 0 N–H and O–H groups in total. The van der Waals surface area contributed by atoms with Gasteiger partial charge in [0.05, 0.1) is 13.0 Å². The van der Waals surface area contributed by atoms with Crippen molar-refractivity contribution in [3.05, 3.63) is 46.1 Å². The van der Waals surface area contributed by atoms with Crippen molar-refractivity contribution in [1.29, 1.82) is 0 Å². The van der Waals surface area contributed by atoms with Crippen LogP contribution in [0.3, 0.4) is 0 Å². The summed E-state index contributed by atoms with van der Waals surface area (Å²) in [5, 5.41) is 0. The molecule has 4 heteroatoms. The second-order valence-electron chi connectivity index (χ2n) is 3.55. The number of allylic oxidation sites excluding steroid dienone is 1. The van der Waals surface area contributed by atoms with Crippen LogP contribution in [-0.4, -0.2) is 12.6 Å². The van der Waals surface area contributed by atoms with Gasteiger partial charge in [-0.1, -0.05) is 36.9 Å². The number of hydrogen-bond donors (Lipinski definition) is 0. The minimum absolute atomic E-state index is 0.247. The number of esters is 1. The quantitative estimate of drug-likeness (QED) is 0.598. The lowest BCUT2D eigenvalue weighted by molar-refractivity contribution is -0.145. The molecule has 0 amide bonds. The number of rotatable bonds is 5. The number of ether oxygens (including phenoxy) is 1. The van der Waals surface area contributed by atoms with Crippen LogP contribution in [0.4, 0.5) is 4.39 Å². The smallest absolute Gasteiger partial charge is 0.309 e. The van der Waals surface area contributed by atoms with E-state index >= 15 is 0 Å². The summed E-state index contributed by atoms with van der Waals surface area (Å²) in [6.07, 6.45) is -0.341. The molecule has 1 aromatic rings. The summed E-state index contributed by atoms with van der Waals surface area (Å²) in [6.45, 7) is 5.56. The van der Waals surface area contributed by atoms with E-state index in [1.165, 1.54) is 0 Å². The van der Waals surface area contributed by atoms with Crippen molar-refractivity contribution >= 4 is 28.6 Å². The average molecular weight is 348 g/mol. The SMILES string of the molecule is C=C(I)C(F)(CC(=O)OCC)c1ccccc1. The maximum atomic E-state index is 14.8. The first-order chi connectivity index (χ1) is 8.00. The Labute approximate surface area is 114 Å². The summed E-state index contributed by atoms with van der Waals surface area (Å²) in [6, 6.07) is 8.54. The summed E-state index contributed by atoms with van der Waals surface area (Å²) >= 11 is 1.81. The molecule has 1 rings (SSSR count). The van der Waals surface area contributed by atoms with Crippen molar-refractivity contribution in [1.82, 2.24) is 0 Å². The molecule has 0 aliphatic carbocycles. The number of halogens is 2. The van der Waals surface area contributed by atoms with Gasteiger partial charge in [-0.2, -0.15) is 0 Å². The molecule has 0 radical (unpaired) electrons. The second kappa shape index (κ2) is 6.14. The van der Waals surface area contributed by atoms with Gasteiger partial charge in [-0.25, -0.2) is 4.39 Å². The van der Waals surface area contributed by atoms with Crippen LogP contribution in [-0.2, 0) is 15.2 Å². The number of hydrogen-bond acceptors (Lipinski definition) is 2. The molecule has 0 aliphatic heterocycles. The van der Waals surface area contributed by atoms with E-state index in [1.54, 1.807) is 37.3 Å². The zero-order chi connectivity index (χ0) is 12.9. The molecule has 17 heavy (non-hydrogen) atoms. The Bertz CT molecular complexity index is 405. The molecule has 1 aromatic carbocycles. The van der Waals surface area contributed by atoms with E-state index < -0.39 is 11.6 Å². The molecule has 0 aromatic heterocycles. The van der Waals surface area contributed by atoms with Crippen molar-refractivity contribution < 1.29 is 13.9 Å². The highest BCUT2D eigenvalue weighted by Crippen LogP contribution is 2.40. The maximum absolute atomic E-state index is 14.8. The average Bonchev–Trinajstić information content (AvgIpc) is 2.30. The van der Waals surface area contributed by atoms with Gasteiger partial charge >= 0.3 is 5.97 Å². The summed E-state index contributed by atoms with van der Waals surface area (Å²) in [4.78, 5) is 11.4. The van der Waals surface area contributed by atoms with Gasteiger partial charge < -0.3 is 4.74 Å². The van der Waals surface area contributed by atoms with E-state index in [-0.39, 0.29) is 16.6 Å². The van der Waals surface area contributed by atoms with Gasteiger partial charge in [-0.15, -0.1) is 0 Å². The Kier molecular flexibility index (Phi) is 5.11. The fraction of sp³-hybridized carbons (Fsp3) is 0.308. The Balaban J connectivity index is 2.99. The van der Waals surface area contributed by atoms with Gasteiger partial charge in [0.1, 0.15) is 0 Å². The van der Waals surface area contributed by atoms with Crippen molar-refractivity contribution in [2.75, 3.05) is 6.61 Å². The lowest BCUT2D eigenvalue weighted by atomic mass is 9.92. The molecule has 0 aliphatic rings. The van der Waals surface area contributed by atoms with Crippen molar-refractivity contribution in [3.8, 4) is 0 Å². The summed E-state index contributed by atoms with van der Waals surface area (Å²) < 4.78 is 19.9. The highest BCUT2D eigenvalue weighted by molar-refractivity contribution is 14.1. The zero-order valence-corrected chi connectivity index (χ0v) is 11.7. The van der Waals surface area contributed by atoms with Crippen LogP contribution in [0.1, 0.15) is 18.9 Å².